The van der Waals surface area contributed by atoms with Gasteiger partial charge in [-0.3, -0.25) is 19.2 Å². The topological polar surface area (TPSA) is 123 Å². The molecular weight excluding hydrogens is 396 g/mol. The molecule has 0 spiro atoms. The van der Waals surface area contributed by atoms with Crippen molar-refractivity contribution in [3.63, 3.8) is 0 Å². The first-order chi connectivity index (χ1) is 13.7. The molecule has 0 saturated carbocycles. The van der Waals surface area contributed by atoms with E-state index in [1.165, 1.54) is 27.3 Å². The van der Waals surface area contributed by atoms with Crippen molar-refractivity contribution >= 4 is 23.7 Å². The van der Waals surface area contributed by atoms with E-state index in [1.807, 2.05) is 0 Å². The number of amides is 3. The van der Waals surface area contributed by atoms with Gasteiger partial charge in [0.1, 0.15) is 6.54 Å². The molecule has 10 nitrogen and oxygen atoms in total. The summed E-state index contributed by atoms with van der Waals surface area (Å²) in [6.07, 6.45) is 0. The number of hydrogen-bond donors (Lipinski definition) is 2. The number of rotatable bonds is 10. The molecule has 1 aromatic carbocycles. The zero-order chi connectivity index (χ0) is 22.0. The van der Waals surface area contributed by atoms with E-state index in [0.717, 1.165) is 17.0 Å². The second-order valence-corrected chi connectivity index (χ2v) is 5.51. The van der Waals surface area contributed by atoms with Crippen LogP contribution in [0, 0.1) is 0 Å². The Morgan fingerprint density at radius 1 is 1.17 bits per heavy atom. The fourth-order valence-corrected chi connectivity index (χ4v) is 1.94. The maximum Gasteiger partial charge on any atom is 0.387 e. The maximum atomic E-state index is 12.3. The van der Waals surface area contributed by atoms with Gasteiger partial charge in [-0.15, -0.1) is 0 Å². The number of hydrogen-bond acceptors (Lipinski definition) is 7. The van der Waals surface area contributed by atoms with Crippen LogP contribution in [0.2, 0.25) is 0 Å². The molecule has 0 atom stereocenters. The number of halogens is 2. The molecule has 2 N–H and O–H groups in total. The van der Waals surface area contributed by atoms with Crippen molar-refractivity contribution in [1.29, 1.82) is 0 Å². The number of esters is 1. The molecule has 0 aromatic heterocycles. The highest BCUT2D eigenvalue weighted by Gasteiger charge is 2.17. The molecule has 1 rings (SSSR count). The van der Waals surface area contributed by atoms with E-state index in [0.29, 0.717) is 0 Å². The van der Waals surface area contributed by atoms with Crippen LogP contribution >= 0.6 is 0 Å². The Morgan fingerprint density at radius 3 is 2.45 bits per heavy atom. The predicted octanol–water partition coefficient (Wildman–Crippen LogP) is -0.226. The molecule has 0 saturated heterocycles. The molecule has 3 amide bonds. The number of nitrogens with one attached hydrogen (secondary N) is 2. The van der Waals surface area contributed by atoms with E-state index in [-0.39, 0.29) is 29.5 Å². The zero-order valence-corrected chi connectivity index (χ0v) is 16.0. The third-order valence-corrected chi connectivity index (χ3v) is 3.48. The summed E-state index contributed by atoms with van der Waals surface area (Å²) in [7, 11) is 3.99. The lowest BCUT2D eigenvalue weighted by Gasteiger charge is -2.16. The molecular formula is C17H21F2N3O7. The smallest absolute Gasteiger partial charge is 0.387 e. The molecule has 0 aliphatic heterocycles. The Bertz CT molecular complexity index is 759. The minimum atomic E-state index is -3.06. The highest BCUT2D eigenvalue weighted by atomic mass is 19.3. The number of carbonyl (C=O) groups excluding carboxylic acids is 4. The van der Waals surface area contributed by atoms with Gasteiger partial charge < -0.3 is 29.7 Å². The number of ether oxygens (including phenoxy) is 3. The normalized spacial score (nSPS) is 10.1. The Kier molecular flexibility index (Phi) is 9.29. The summed E-state index contributed by atoms with van der Waals surface area (Å²) in [4.78, 5) is 47.7. The van der Waals surface area contributed by atoms with Gasteiger partial charge in [-0.1, -0.05) is 0 Å². The number of benzene rings is 1. The van der Waals surface area contributed by atoms with E-state index in [2.05, 4.69) is 15.4 Å². The molecule has 12 heteroatoms. The van der Waals surface area contributed by atoms with Crippen LogP contribution in [-0.2, 0) is 19.1 Å². The molecule has 0 aliphatic carbocycles. The Balaban J connectivity index is 2.52. The minimum absolute atomic E-state index is 0.0256. The van der Waals surface area contributed by atoms with Crippen LogP contribution in [-0.4, -0.2) is 76.1 Å². The molecule has 0 fully saturated rings. The van der Waals surface area contributed by atoms with E-state index >= 15 is 0 Å². The molecule has 0 aliphatic rings. The fourth-order valence-electron chi connectivity index (χ4n) is 1.94. The van der Waals surface area contributed by atoms with Crippen molar-refractivity contribution in [3.05, 3.63) is 23.8 Å². The van der Waals surface area contributed by atoms with E-state index < -0.39 is 37.5 Å². The number of carbonyl (C=O) groups is 4. The summed E-state index contributed by atoms with van der Waals surface area (Å²) in [5.74, 6) is -2.92. The maximum absolute atomic E-state index is 12.3. The highest BCUT2D eigenvalue weighted by molar-refractivity contribution is 5.96. The van der Waals surface area contributed by atoms with Gasteiger partial charge in [-0.25, -0.2) is 0 Å². The number of likely N-dealkylation sites (N-methyl/N-ethyl adjacent to an activating group) is 2. The third-order valence-electron chi connectivity index (χ3n) is 3.48. The van der Waals surface area contributed by atoms with E-state index in [9.17, 15) is 28.0 Å². The average Bonchev–Trinajstić information content (AvgIpc) is 2.69. The van der Waals surface area contributed by atoms with Crippen LogP contribution in [0.3, 0.4) is 0 Å². The Labute approximate surface area is 165 Å². The largest absolute Gasteiger partial charge is 0.493 e. The molecule has 0 unspecified atom stereocenters. The van der Waals surface area contributed by atoms with Gasteiger partial charge in [0.2, 0.25) is 5.91 Å². The first kappa shape index (κ1) is 23.6. The van der Waals surface area contributed by atoms with Crippen LogP contribution in [0.5, 0.6) is 11.5 Å². The number of methoxy groups -OCH3 is 1. The van der Waals surface area contributed by atoms with E-state index in [4.69, 9.17) is 9.47 Å². The van der Waals surface area contributed by atoms with Gasteiger partial charge in [0.25, 0.3) is 11.8 Å². The fraction of sp³-hybridized carbons (Fsp3) is 0.412. The number of alkyl halides is 2. The van der Waals surface area contributed by atoms with Crippen molar-refractivity contribution in [2.45, 2.75) is 6.61 Å². The molecule has 0 heterocycles. The van der Waals surface area contributed by atoms with Crippen molar-refractivity contribution < 1.29 is 42.2 Å². The summed E-state index contributed by atoms with van der Waals surface area (Å²) >= 11 is 0. The highest BCUT2D eigenvalue weighted by Crippen LogP contribution is 2.29. The lowest BCUT2D eigenvalue weighted by Crippen LogP contribution is -2.39. The third kappa shape index (κ3) is 7.99. The summed E-state index contributed by atoms with van der Waals surface area (Å²) in [6.45, 7) is -4.40. The van der Waals surface area contributed by atoms with Gasteiger partial charge >= 0.3 is 12.6 Å². The van der Waals surface area contributed by atoms with Crippen LogP contribution in [0.4, 0.5) is 8.78 Å². The predicted molar refractivity (Wildman–Crippen MR) is 94.6 cm³/mol. The SMILES string of the molecule is CNC(=O)CN(C)C(=O)COC(=O)CNC(=O)c1ccc(OC(F)F)c(OC)c1. The van der Waals surface area contributed by atoms with Crippen LogP contribution in [0.1, 0.15) is 10.4 Å². The molecule has 29 heavy (non-hydrogen) atoms. The molecule has 160 valence electrons. The van der Waals surface area contributed by atoms with Crippen LogP contribution < -0.4 is 20.1 Å². The second-order valence-electron chi connectivity index (χ2n) is 5.51. The van der Waals surface area contributed by atoms with Gasteiger partial charge in [-0.2, -0.15) is 8.78 Å². The first-order valence-corrected chi connectivity index (χ1v) is 8.19. The van der Waals surface area contributed by atoms with Crippen LogP contribution in [0.25, 0.3) is 0 Å². The van der Waals surface area contributed by atoms with Crippen molar-refractivity contribution in [1.82, 2.24) is 15.5 Å². The van der Waals surface area contributed by atoms with Gasteiger partial charge in [0.15, 0.2) is 18.1 Å². The van der Waals surface area contributed by atoms with Crippen molar-refractivity contribution in [3.8, 4) is 11.5 Å². The van der Waals surface area contributed by atoms with Crippen LogP contribution in [0.15, 0.2) is 18.2 Å². The van der Waals surface area contributed by atoms with Crippen molar-refractivity contribution in [2.24, 2.45) is 0 Å². The summed E-state index contributed by atoms with van der Waals surface area (Å²) in [5, 5.41) is 4.60. The van der Waals surface area contributed by atoms with Gasteiger partial charge in [0.05, 0.1) is 13.7 Å². The second kappa shape index (κ2) is 11.4. The van der Waals surface area contributed by atoms with Gasteiger partial charge in [0, 0.05) is 19.7 Å². The Morgan fingerprint density at radius 2 is 1.86 bits per heavy atom. The zero-order valence-electron chi connectivity index (χ0n) is 16.0. The minimum Gasteiger partial charge on any atom is -0.493 e. The van der Waals surface area contributed by atoms with E-state index in [1.54, 1.807) is 0 Å². The Hall–Kier alpha value is -3.44. The first-order valence-electron chi connectivity index (χ1n) is 8.19. The molecule has 0 bridgehead atoms. The van der Waals surface area contributed by atoms with Crippen molar-refractivity contribution in [2.75, 3.05) is 40.9 Å². The monoisotopic (exact) mass is 417 g/mol. The summed E-state index contributed by atoms with van der Waals surface area (Å²) < 4.78 is 38.5. The lowest BCUT2D eigenvalue weighted by atomic mass is 10.2. The standard InChI is InChI=1S/C17H21F2N3O7/c1-20-13(23)8-22(2)14(24)9-28-15(25)7-21-16(26)10-4-5-11(29-17(18)19)12(6-10)27-3/h4-6,17H,7-9H2,1-3H3,(H,20,23)(H,21,26). The lowest BCUT2D eigenvalue weighted by molar-refractivity contribution is -0.151. The average molecular weight is 417 g/mol. The quantitative estimate of drug-likeness (QED) is 0.504. The number of nitrogens with zero attached hydrogens (tertiary/aromatic N) is 1. The van der Waals surface area contributed by atoms with Gasteiger partial charge in [-0.05, 0) is 18.2 Å². The summed E-state index contributed by atoms with van der Waals surface area (Å²) in [5.41, 5.74) is 0.0256. The molecule has 0 radical (unpaired) electrons. The summed E-state index contributed by atoms with van der Waals surface area (Å²) in [6, 6.07) is 3.49. The molecule has 1 aromatic rings.